The number of benzene rings is 1. The van der Waals surface area contributed by atoms with E-state index in [2.05, 4.69) is 5.32 Å². The van der Waals surface area contributed by atoms with Crippen molar-refractivity contribution >= 4 is 37.6 Å². The molecule has 15 heteroatoms. The zero-order chi connectivity index (χ0) is 20.3. The van der Waals surface area contributed by atoms with E-state index in [0.717, 1.165) is 12.1 Å². The summed E-state index contributed by atoms with van der Waals surface area (Å²) in [5.41, 5.74) is -6.15. The molecular formula is C11H9F3N2O8S2. The van der Waals surface area contributed by atoms with Gasteiger partial charge >= 0.3 is 21.5 Å². The number of carboxylic acids is 1. The molecule has 1 aromatic rings. The maximum Gasteiger partial charge on any atom is 0.514 e. The monoisotopic (exact) mass is 418 g/mol. The summed E-state index contributed by atoms with van der Waals surface area (Å²) in [5, 5.41) is 19.5. The predicted octanol–water partition coefficient (Wildman–Crippen LogP) is 0.495. The van der Waals surface area contributed by atoms with Crippen LogP contribution in [0.2, 0.25) is 0 Å². The second kappa shape index (κ2) is 7.40. The minimum atomic E-state index is -6.56. The molecule has 1 aromatic carbocycles. The molecule has 0 aromatic heterocycles. The Morgan fingerprint density at radius 2 is 1.54 bits per heavy atom. The Hall–Kier alpha value is -2.49. The van der Waals surface area contributed by atoms with Crippen molar-refractivity contribution in [1.82, 2.24) is 3.87 Å². The number of carbonyl (C=O) groups excluding carboxylic acids is 1. The lowest BCUT2D eigenvalue weighted by atomic mass is 10.3. The van der Waals surface area contributed by atoms with Crippen molar-refractivity contribution in [2.75, 3.05) is 5.32 Å². The topological polar surface area (TPSA) is 158 Å². The molecule has 0 radical (unpaired) electrons. The quantitative estimate of drug-likeness (QED) is 0.445. The van der Waals surface area contributed by atoms with Crippen LogP contribution in [0.15, 0.2) is 41.3 Å². The summed E-state index contributed by atoms with van der Waals surface area (Å²) in [4.78, 5) is 20.5. The number of aliphatic carboxylic acids is 1. The average molecular weight is 418 g/mol. The summed E-state index contributed by atoms with van der Waals surface area (Å²) in [6.07, 6.45) is 1.15. The molecule has 10 nitrogen and oxygen atoms in total. The van der Waals surface area contributed by atoms with Gasteiger partial charge in [0.2, 0.25) is 5.91 Å². The number of sulfonamides is 2. The molecule has 1 amide bonds. The minimum Gasteiger partial charge on any atom is -0.478 e. The third kappa shape index (κ3) is 4.78. The van der Waals surface area contributed by atoms with E-state index in [1.807, 2.05) is 0 Å². The second-order valence-corrected chi connectivity index (χ2v) is 8.08. The Balaban J connectivity index is 3.07. The molecule has 0 fully saturated rings. The van der Waals surface area contributed by atoms with E-state index in [0.29, 0.717) is 24.3 Å². The van der Waals surface area contributed by atoms with Gasteiger partial charge in [-0.05, 0) is 24.3 Å². The van der Waals surface area contributed by atoms with Crippen molar-refractivity contribution in [3.05, 3.63) is 36.4 Å². The summed E-state index contributed by atoms with van der Waals surface area (Å²) in [6, 6.07) is 2.96. The molecule has 3 N–H and O–H groups in total. The van der Waals surface area contributed by atoms with Gasteiger partial charge in [0.05, 0.1) is 4.90 Å². The number of anilines is 1. The molecule has 0 saturated heterocycles. The van der Waals surface area contributed by atoms with E-state index >= 15 is 0 Å². The number of carboxylic acid groups (broad SMARTS) is 1. The molecule has 0 heterocycles. The van der Waals surface area contributed by atoms with Crippen molar-refractivity contribution in [1.29, 1.82) is 0 Å². The number of nitrogens with zero attached hydrogens (tertiary/aromatic N) is 1. The maximum absolute atomic E-state index is 12.3. The van der Waals surface area contributed by atoms with Crippen LogP contribution in [0, 0.1) is 0 Å². The minimum absolute atomic E-state index is 0.0906. The molecule has 0 aliphatic carbocycles. The third-order valence-corrected chi connectivity index (χ3v) is 5.95. The van der Waals surface area contributed by atoms with E-state index in [1.54, 1.807) is 0 Å². The Morgan fingerprint density at radius 3 is 1.96 bits per heavy atom. The van der Waals surface area contributed by atoms with Crippen LogP contribution in [0.5, 0.6) is 0 Å². The van der Waals surface area contributed by atoms with Gasteiger partial charge in [-0.1, -0.05) is 0 Å². The third-order valence-electron chi connectivity index (χ3n) is 2.50. The van der Waals surface area contributed by atoms with Gasteiger partial charge in [0.25, 0.3) is 10.0 Å². The van der Waals surface area contributed by atoms with Gasteiger partial charge in [-0.15, -0.1) is 0 Å². The number of hydrogen-bond donors (Lipinski definition) is 3. The van der Waals surface area contributed by atoms with Gasteiger partial charge < -0.3 is 10.4 Å². The van der Waals surface area contributed by atoms with Crippen LogP contribution in [0.4, 0.5) is 18.9 Å². The maximum atomic E-state index is 12.3. The first kappa shape index (κ1) is 21.6. The van der Waals surface area contributed by atoms with Crippen LogP contribution >= 0.6 is 0 Å². The number of nitrogens with one attached hydrogen (secondary N) is 1. The molecule has 26 heavy (non-hydrogen) atoms. The van der Waals surface area contributed by atoms with Gasteiger partial charge in [-0.3, -0.25) is 10.0 Å². The van der Waals surface area contributed by atoms with E-state index < -0.39 is 46.2 Å². The molecule has 0 spiro atoms. The first-order chi connectivity index (χ1) is 11.7. The fraction of sp³-hybridized carbons (Fsp3) is 0.0909. The van der Waals surface area contributed by atoms with Crippen molar-refractivity contribution in [2.45, 2.75) is 10.4 Å². The van der Waals surface area contributed by atoms with E-state index in [9.17, 15) is 39.6 Å². The van der Waals surface area contributed by atoms with Gasteiger partial charge in [-0.25, -0.2) is 13.2 Å². The van der Waals surface area contributed by atoms with Crippen molar-refractivity contribution in [3.8, 4) is 0 Å². The van der Waals surface area contributed by atoms with Gasteiger partial charge in [0.15, 0.2) is 0 Å². The fourth-order valence-electron chi connectivity index (χ4n) is 1.35. The van der Waals surface area contributed by atoms with Crippen LogP contribution < -0.4 is 5.32 Å². The first-order valence-electron chi connectivity index (χ1n) is 6.07. The van der Waals surface area contributed by atoms with E-state index in [1.165, 1.54) is 0 Å². The molecular weight excluding hydrogens is 409 g/mol. The molecule has 144 valence electrons. The van der Waals surface area contributed by atoms with Crippen LogP contribution in [0.3, 0.4) is 0 Å². The average Bonchev–Trinajstić information content (AvgIpc) is 2.51. The Morgan fingerprint density at radius 1 is 1.04 bits per heavy atom. The highest BCUT2D eigenvalue weighted by Gasteiger charge is 2.54. The van der Waals surface area contributed by atoms with Gasteiger partial charge in [-0.2, -0.15) is 21.6 Å². The predicted molar refractivity (Wildman–Crippen MR) is 77.6 cm³/mol. The standard InChI is InChI=1S/C11H9F3N2O8S2/c12-11(13,14)26(23,24)16(20)25(21,22)8-3-1-7(2-4-8)15-9(17)5-6-10(18)19/h1-6,20H,(H,15,17)(H,18,19)/b6-5-. The number of halogens is 3. The summed E-state index contributed by atoms with van der Waals surface area (Å²) in [7, 11) is -12.0. The lowest BCUT2D eigenvalue weighted by Crippen LogP contribution is -2.42. The normalized spacial score (nSPS) is 13.1. The van der Waals surface area contributed by atoms with E-state index in [-0.39, 0.29) is 5.69 Å². The number of carbonyl (C=O) groups is 2. The number of alkyl halides is 3. The number of amides is 1. The molecule has 0 aliphatic heterocycles. The molecule has 0 atom stereocenters. The molecule has 0 unspecified atom stereocenters. The van der Waals surface area contributed by atoms with Crippen LogP contribution in [0.1, 0.15) is 0 Å². The molecule has 1 rings (SSSR count). The fourth-order valence-corrected chi connectivity index (χ4v) is 3.73. The summed E-state index contributed by atoms with van der Waals surface area (Å²) < 4.78 is 80.6. The van der Waals surface area contributed by atoms with Crippen LogP contribution in [0.25, 0.3) is 0 Å². The first-order valence-corrected chi connectivity index (χ1v) is 8.95. The van der Waals surface area contributed by atoms with Crippen molar-refractivity contribution < 1.29 is 49.9 Å². The molecule has 0 bridgehead atoms. The van der Waals surface area contributed by atoms with Gasteiger partial charge in [0, 0.05) is 21.7 Å². The lowest BCUT2D eigenvalue weighted by Gasteiger charge is -2.16. The zero-order valence-corrected chi connectivity index (χ0v) is 13.8. The van der Waals surface area contributed by atoms with Crippen molar-refractivity contribution in [2.24, 2.45) is 0 Å². The summed E-state index contributed by atoms with van der Waals surface area (Å²) >= 11 is 0. The van der Waals surface area contributed by atoms with E-state index in [4.69, 9.17) is 10.3 Å². The Labute approximate surface area is 144 Å². The Kier molecular flexibility index (Phi) is 6.14. The highest BCUT2D eigenvalue weighted by Crippen LogP contribution is 2.30. The summed E-state index contributed by atoms with van der Waals surface area (Å²) in [6.45, 7) is 0. The lowest BCUT2D eigenvalue weighted by molar-refractivity contribution is -0.131. The zero-order valence-electron chi connectivity index (χ0n) is 12.2. The Bertz CT molecular complexity index is 937. The smallest absolute Gasteiger partial charge is 0.478 e. The van der Waals surface area contributed by atoms with Gasteiger partial charge in [0.1, 0.15) is 0 Å². The SMILES string of the molecule is O=C(O)/C=C\C(=O)Nc1ccc(S(=O)(=O)N(O)S(=O)(=O)C(F)(F)F)cc1. The van der Waals surface area contributed by atoms with Crippen LogP contribution in [-0.2, 0) is 29.6 Å². The summed E-state index contributed by atoms with van der Waals surface area (Å²) in [5.74, 6) is -2.32. The van der Waals surface area contributed by atoms with Crippen LogP contribution in [-0.4, -0.2) is 48.4 Å². The highest BCUT2D eigenvalue weighted by molar-refractivity contribution is 8.04. The largest absolute Gasteiger partial charge is 0.514 e. The molecule has 0 saturated carbocycles. The number of hydrogen-bond acceptors (Lipinski definition) is 7. The number of rotatable bonds is 6. The van der Waals surface area contributed by atoms with Crippen molar-refractivity contribution in [3.63, 3.8) is 0 Å². The highest BCUT2D eigenvalue weighted by atomic mass is 32.3. The second-order valence-electron chi connectivity index (χ2n) is 4.32. The molecule has 0 aliphatic rings.